The van der Waals surface area contributed by atoms with E-state index in [1.165, 1.54) is 12.8 Å². The Hall–Kier alpha value is -1.58. The van der Waals surface area contributed by atoms with Crippen LogP contribution in [-0.2, 0) is 9.59 Å². The largest absolute Gasteiger partial charge is 0.478 e. The number of carboxylic acid groups (broad SMARTS) is 1. The Morgan fingerprint density at radius 2 is 1.78 bits per heavy atom. The van der Waals surface area contributed by atoms with Gasteiger partial charge in [0.15, 0.2) is 0 Å². The van der Waals surface area contributed by atoms with Crippen LogP contribution in [0.25, 0.3) is 0 Å². The quantitative estimate of drug-likeness (QED) is 0.517. The van der Waals surface area contributed by atoms with Gasteiger partial charge in [-0.2, -0.15) is 0 Å². The summed E-state index contributed by atoms with van der Waals surface area (Å²) in [7, 11) is 0. The zero-order chi connectivity index (χ0) is 14.6. The maximum absolute atomic E-state index is 10.4. The SMILES string of the molecule is C=C(CCCCCC(C)C)C(=O)O.C=CC(N)=O. The van der Waals surface area contributed by atoms with E-state index in [2.05, 4.69) is 32.7 Å². The number of carbonyl (C=O) groups is 2. The third-order valence-corrected chi connectivity index (χ3v) is 2.26. The molecule has 0 bridgehead atoms. The minimum atomic E-state index is -0.858. The number of carboxylic acids is 1. The molecule has 0 unspecified atom stereocenters. The summed E-state index contributed by atoms with van der Waals surface area (Å²) in [4.78, 5) is 19.8. The molecule has 0 radical (unpaired) electrons. The molecule has 0 aromatic heterocycles. The summed E-state index contributed by atoms with van der Waals surface area (Å²) in [6.45, 7) is 11.0. The van der Waals surface area contributed by atoms with E-state index >= 15 is 0 Å². The van der Waals surface area contributed by atoms with Gasteiger partial charge in [0, 0.05) is 5.57 Å². The van der Waals surface area contributed by atoms with E-state index in [0.717, 1.165) is 24.8 Å². The molecule has 0 fully saturated rings. The monoisotopic (exact) mass is 255 g/mol. The number of amides is 1. The van der Waals surface area contributed by atoms with E-state index < -0.39 is 11.9 Å². The fraction of sp³-hybridized carbons (Fsp3) is 0.571. The first-order chi connectivity index (χ1) is 8.31. The van der Waals surface area contributed by atoms with Crippen molar-refractivity contribution in [1.29, 1.82) is 0 Å². The minimum Gasteiger partial charge on any atom is -0.478 e. The van der Waals surface area contributed by atoms with Crippen LogP contribution in [0.15, 0.2) is 24.8 Å². The van der Waals surface area contributed by atoms with Crippen LogP contribution in [0.4, 0.5) is 0 Å². The Morgan fingerprint density at radius 1 is 1.28 bits per heavy atom. The maximum Gasteiger partial charge on any atom is 0.330 e. The third kappa shape index (κ3) is 16.8. The second-order valence-electron chi connectivity index (χ2n) is 4.51. The molecule has 4 heteroatoms. The molecule has 0 aromatic carbocycles. The average molecular weight is 255 g/mol. The fourth-order valence-corrected chi connectivity index (χ4v) is 1.17. The number of unbranched alkanes of at least 4 members (excludes halogenated alkanes) is 2. The highest BCUT2D eigenvalue weighted by Crippen LogP contribution is 2.11. The highest BCUT2D eigenvalue weighted by molar-refractivity contribution is 5.85. The summed E-state index contributed by atoms with van der Waals surface area (Å²) in [5.41, 5.74) is 4.87. The first kappa shape index (κ1) is 18.8. The summed E-state index contributed by atoms with van der Waals surface area (Å²) >= 11 is 0. The molecule has 18 heavy (non-hydrogen) atoms. The molecule has 0 rings (SSSR count). The number of primary amides is 1. The number of carbonyl (C=O) groups excluding carboxylic acids is 1. The van der Waals surface area contributed by atoms with Crippen LogP contribution in [0, 0.1) is 5.92 Å². The molecular formula is C14H25NO3. The van der Waals surface area contributed by atoms with Gasteiger partial charge in [-0.25, -0.2) is 4.79 Å². The molecule has 0 heterocycles. The van der Waals surface area contributed by atoms with E-state index in [-0.39, 0.29) is 0 Å². The lowest BCUT2D eigenvalue weighted by Crippen LogP contribution is -2.04. The van der Waals surface area contributed by atoms with Crippen molar-refractivity contribution in [2.24, 2.45) is 11.7 Å². The van der Waals surface area contributed by atoms with Crippen LogP contribution in [0.2, 0.25) is 0 Å². The van der Waals surface area contributed by atoms with Crippen molar-refractivity contribution in [3.8, 4) is 0 Å². The molecule has 4 nitrogen and oxygen atoms in total. The highest BCUT2D eigenvalue weighted by Gasteiger charge is 2.02. The molecule has 0 atom stereocenters. The van der Waals surface area contributed by atoms with Gasteiger partial charge in [0.25, 0.3) is 0 Å². The maximum atomic E-state index is 10.4. The first-order valence-electron chi connectivity index (χ1n) is 6.14. The molecule has 0 aliphatic rings. The van der Waals surface area contributed by atoms with Crippen molar-refractivity contribution in [3.05, 3.63) is 24.8 Å². The van der Waals surface area contributed by atoms with Gasteiger partial charge in [0.2, 0.25) is 5.91 Å². The topological polar surface area (TPSA) is 80.4 Å². The van der Waals surface area contributed by atoms with Crippen molar-refractivity contribution in [2.45, 2.75) is 46.0 Å². The lowest BCUT2D eigenvalue weighted by molar-refractivity contribution is -0.132. The molecule has 3 N–H and O–H groups in total. The lowest BCUT2D eigenvalue weighted by atomic mass is 10.0. The first-order valence-corrected chi connectivity index (χ1v) is 6.14. The van der Waals surface area contributed by atoms with E-state index in [0.29, 0.717) is 12.0 Å². The molecule has 104 valence electrons. The zero-order valence-electron chi connectivity index (χ0n) is 11.4. The summed E-state index contributed by atoms with van der Waals surface area (Å²) in [6, 6.07) is 0. The van der Waals surface area contributed by atoms with Gasteiger partial charge in [-0.15, -0.1) is 0 Å². The number of nitrogens with two attached hydrogens (primary N) is 1. The van der Waals surface area contributed by atoms with E-state index in [4.69, 9.17) is 5.11 Å². The van der Waals surface area contributed by atoms with Crippen molar-refractivity contribution < 1.29 is 14.7 Å². The standard InChI is InChI=1S/C11H20O2.C3H5NO/c1-9(2)7-5-4-6-8-10(3)11(12)13;1-2-3(4)5/h9H,3-8H2,1-2H3,(H,12,13);2H,1H2,(H2,4,5). The Balaban J connectivity index is 0. The van der Waals surface area contributed by atoms with Crippen LogP contribution in [0.5, 0.6) is 0 Å². The number of aliphatic carboxylic acids is 1. The van der Waals surface area contributed by atoms with E-state index in [9.17, 15) is 9.59 Å². The average Bonchev–Trinajstić information content (AvgIpc) is 2.28. The fourth-order valence-electron chi connectivity index (χ4n) is 1.17. The molecular weight excluding hydrogens is 230 g/mol. The van der Waals surface area contributed by atoms with Crippen LogP contribution in [0.1, 0.15) is 46.0 Å². The van der Waals surface area contributed by atoms with Crippen LogP contribution in [0.3, 0.4) is 0 Å². The number of hydrogen-bond acceptors (Lipinski definition) is 2. The Labute approximate surface area is 110 Å². The van der Waals surface area contributed by atoms with Gasteiger partial charge in [0.05, 0.1) is 0 Å². The van der Waals surface area contributed by atoms with Gasteiger partial charge in [-0.1, -0.05) is 46.3 Å². The molecule has 0 aliphatic carbocycles. The zero-order valence-corrected chi connectivity index (χ0v) is 11.4. The summed E-state index contributed by atoms with van der Waals surface area (Å²) < 4.78 is 0. The molecule has 0 saturated carbocycles. The molecule has 0 spiro atoms. The predicted molar refractivity (Wildman–Crippen MR) is 74.1 cm³/mol. The van der Waals surface area contributed by atoms with Gasteiger partial charge < -0.3 is 10.8 Å². The Kier molecular flexibility index (Phi) is 12.4. The molecule has 0 aliphatic heterocycles. The molecule has 0 aromatic rings. The van der Waals surface area contributed by atoms with Crippen LogP contribution in [-0.4, -0.2) is 17.0 Å². The minimum absolute atomic E-state index is 0.338. The van der Waals surface area contributed by atoms with Crippen LogP contribution >= 0.6 is 0 Å². The second-order valence-corrected chi connectivity index (χ2v) is 4.51. The van der Waals surface area contributed by atoms with Gasteiger partial charge in [0.1, 0.15) is 0 Å². The van der Waals surface area contributed by atoms with E-state index in [1.807, 2.05) is 0 Å². The lowest BCUT2D eigenvalue weighted by Gasteiger charge is -2.03. The van der Waals surface area contributed by atoms with Gasteiger partial charge in [-0.05, 0) is 24.8 Å². The van der Waals surface area contributed by atoms with Crippen molar-refractivity contribution in [1.82, 2.24) is 0 Å². The van der Waals surface area contributed by atoms with Crippen molar-refractivity contribution in [3.63, 3.8) is 0 Å². The van der Waals surface area contributed by atoms with Crippen LogP contribution < -0.4 is 5.73 Å². The summed E-state index contributed by atoms with van der Waals surface area (Å²) in [5, 5.41) is 8.53. The smallest absolute Gasteiger partial charge is 0.330 e. The number of hydrogen-bond donors (Lipinski definition) is 2. The molecule has 1 amide bonds. The predicted octanol–water partition coefficient (Wildman–Crippen LogP) is 2.89. The summed E-state index contributed by atoms with van der Waals surface area (Å²) in [5.74, 6) is -0.587. The second kappa shape index (κ2) is 11.9. The van der Waals surface area contributed by atoms with Gasteiger partial charge >= 0.3 is 5.97 Å². The Morgan fingerprint density at radius 3 is 2.11 bits per heavy atom. The highest BCUT2D eigenvalue weighted by atomic mass is 16.4. The van der Waals surface area contributed by atoms with Crippen molar-refractivity contribution in [2.75, 3.05) is 0 Å². The third-order valence-electron chi connectivity index (χ3n) is 2.26. The summed E-state index contributed by atoms with van der Waals surface area (Å²) in [6.07, 6.45) is 6.19. The van der Waals surface area contributed by atoms with Crippen molar-refractivity contribution >= 4 is 11.9 Å². The molecule has 0 saturated heterocycles. The normalized spacial score (nSPS) is 9.28. The van der Waals surface area contributed by atoms with Gasteiger partial charge in [-0.3, -0.25) is 4.79 Å². The Bertz CT molecular complexity index is 283. The van der Waals surface area contributed by atoms with E-state index in [1.54, 1.807) is 0 Å². The number of rotatable bonds is 8.